The van der Waals surface area contributed by atoms with Crippen molar-refractivity contribution >= 4 is 44.8 Å². The van der Waals surface area contributed by atoms with Crippen LogP contribution in [0.15, 0.2) is 92.7 Å². The number of para-hydroxylation sites is 1. The maximum absolute atomic E-state index is 13.2. The fourth-order valence-electron chi connectivity index (χ4n) is 3.44. The summed E-state index contributed by atoms with van der Waals surface area (Å²) in [5.41, 5.74) is 4.23. The first kappa shape index (κ1) is 26.1. The summed E-state index contributed by atoms with van der Waals surface area (Å²) in [6.45, 7) is 0.272. The number of primary sulfonamides is 1. The van der Waals surface area contributed by atoms with E-state index < -0.39 is 10.0 Å². The second-order valence-electron chi connectivity index (χ2n) is 7.98. The topological polar surface area (TPSA) is 157 Å². The van der Waals surface area contributed by atoms with Gasteiger partial charge < -0.3 is 5.11 Å². The number of aryl methyl sites for hydroxylation is 1. The molecule has 3 aromatic carbocycles. The summed E-state index contributed by atoms with van der Waals surface area (Å²) in [5, 5.41) is 19.2. The van der Waals surface area contributed by atoms with Gasteiger partial charge in [-0.2, -0.15) is 5.10 Å². The molecule has 0 radical (unpaired) electrons. The lowest BCUT2D eigenvalue weighted by Crippen LogP contribution is -2.26. The molecule has 0 unspecified atom stereocenters. The maximum atomic E-state index is 13.2. The lowest BCUT2D eigenvalue weighted by molar-refractivity contribution is -0.118. The van der Waals surface area contributed by atoms with E-state index in [9.17, 15) is 23.1 Å². The van der Waals surface area contributed by atoms with Gasteiger partial charge in [-0.25, -0.2) is 24.0 Å². The van der Waals surface area contributed by atoms with Crippen LogP contribution in [0.4, 0.5) is 0 Å². The number of carbonyl (C=O) groups excluding carboxylic acids is 1. The number of phenols is 1. The number of sulfonamides is 1. The molecular formula is C25H23N5O5S2. The van der Waals surface area contributed by atoms with Crippen molar-refractivity contribution in [2.45, 2.75) is 23.0 Å². The normalized spacial score (nSPS) is 11.7. The van der Waals surface area contributed by atoms with Crippen molar-refractivity contribution in [2.75, 3.05) is 5.75 Å². The number of benzene rings is 3. The van der Waals surface area contributed by atoms with Crippen LogP contribution in [0.3, 0.4) is 0 Å². The second-order valence-corrected chi connectivity index (χ2v) is 10.5. The van der Waals surface area contributed by atoms with Crippen molar-refractivity contribution in [2.24, 2.45) is 10.2 Å². The molecule has 1 aromatic heterocycles. The number of thioether (sulfide) groups is 1. The molecule has 12 heteroatoms. The zero-order valence-electron chi connectivity index (χ0n) is 19.4. The maximum Gasteiger partial charge on any atom is 0.262 e. The Balaban J connectivity index is 1.48. The Morgan fingerprint density at radius 2 is 1.78 bits per heavy atom. The van der Waals surface area contributed by atoms with E-state index in [1.165, 1.54) is 35.0 Å². The highest BCUT2D eigenvalue weighted by atomic mass is 32.2. The summed E-state index contributed by atoms with van der Waals surface area (Å²) < 4.78 is 24.5. The zero-order valence-corrected chi connectivity index (χ0v) is 21.1. The number of fused-ring (bicyclic) bond motifs is 1. The minimum atomic E-state index is -3.79. The monoisotopic (exact) mass is 537 g/mol. The van der Waals surface area contributed by atoms with Gasteiger partial charge >= 0.3 is 0 Å². The standard InChI is InChI=1S/C25H23N5O5S2/c26-37(34,35)20-11-7-17(8-12-20)13-14-30-24(33)21-3-1-2-4-22(21)28-25(30)36-16-23(32)29-27-15-18-5-9-19(31)10-6-18/h1-12,15,31H,13-14,16H2,(H,29,32)(H2,26,34,35)/b27-15+. The Morgan fingerprint density at radius 1 is 1.08 bits per heavy atom. The van der Waals surface area contributed by atoms with Crippen molar-refractivity contribution in [1.29, 1.82) is 0 Å². The SMILES string of the molecule is NS(=O)(=O)c1ccc(CCn2c(SCC(=O)N/N=C/c3ccc(O)cc3)nc3ccccc3c2=O)cc1. The van der Waals surface area contributed by atoms with Gasteiger partial charge in [0.15, 0.2) is 5.16 Å². The summed E-state index contributed by atoms with van der Waals surface area (Å²) in [6.07, 6.45) is 1.88. The number of rotatable bonds is 9. The average molecular weight is 538 g/mol. The molecule has 4 aromatic rings. The molecule has 0 atom stereocenters. The molecule has 0 aliphatic heterocycles. The van der Waals surface area contributed by atoms with Crippen molar-refractivity contribution in [3.05, 3.63) is 94.3 Å². The first-order valence-electron chi connectivity index (χ1n) is 11.1. The molecule has 0 saturated carbocycles. The van der Waals surface area contributed by atoms with Crippen LogP contribution < -0.4 is 16.1 Å². The fraction of sp³-hybridized carbons (Fsp3) is 0.120. The van der Waals surface area contributed by atoms with Crippen LogP contribution in [0.1, 0.15) is 11.1 Å². The molecule has 10 nitrogen and oxygen atoms in total. The predicted octanol–water partition coefficient (Wildman–Crippen LogP) is 2.23. The quantitative estimate of drug-likeness (QED) is 0.128. The van der Waals surface area contributed by atoms with Gasteiger partial charge in [0.2, 0.25) is 10.0 Å². The summed E-state index contributed by atoms with van der Waals surface area (Å²) in [6, 6.07) is 19.4. The molecule has 4 rings (SSSR count). The van der Waals surface area contributed by atoms with Gasteiger partial charge in [0, 0.05) is 6.54 Å². The van der Waals surface area contributed by atoms with Gasteiger partial charge in [0.25, 0.3) is 11.5 Å². The molecule has 1 amide bonds. The molecule has 1 heterocycles. The molecule has 0 saturated heterocycles. The molecular weight excluding hydrogens is 514 g/mol. The molecule has 0 spiro atoms. The van der Waals surface area contributed by atoms with E-state index in [0.29, 0.717) is 28.0 Å². The molecule has 0 fully saturated rings. The van der Waals surface area contributed by atoms with Crippen LogP contribution in [0.5, 0.6) is 5.75 Å². The molecule has 0 aliphatic rings. The number of nitrogens with two attached hydrogens (primary N) is 1. The number of aromatic hydroxyl groups is 1. The highest BCUT2D eigenvalue weighted by Gasteiger charge is 2.14. The molecule has 190 valence electrons. The van der Waals surface area contributed by atoms with Crippen molar-refractivity contribution in [3.63, 3.8) is 0 Å². The number of amides is 1. The van der Waals surface area contributed by atoms with Gasteiger partial charge in [-0.3, -0.25) is 14.2 Å². The van der Waals surface area contributed by atoms with E-state index in [1.54, 1.807) is 48.5 Å². The molecule has 37 heavy (non-hydrogen) atoms. The number of nitrogens with one attached hydrogen (secondary N) is 1. The number of hydrogen-bond acceptors (Lipinski definition) is 8. The lowest BCUT2D eigenvalue weighted by atomic mass is 10.1. The number of nitrogens with zero attached hydrogens (tertiary/aromatic N) is 3. The van der Waals surface area contributed by atoms with Crippen LogP contribution in [0.2, 0.25) is 0 Å². The van der Waals surface area contributed by atoms with Crippen LogP contribution >= 0.6 is 11.8 Å². The number of hydrogen-bond donors (Lipinski definition) is 3. The number of phenolic OH excluding ortho intramolecular Hbond substituents is 1. The first-order valence-corrected chi connectivity index (χ1v) is 13.6. The zero-order chi connectivity index (χ0) is 26.4. The summed E-state index contributed by atoms with van der Waals surface area (Å²) in [7, 11) is -3.79. The third-order valence-corrected chi connectivity index (χ3v) is 7.24. The van der Waals surface area contributed by atoms with Gasteiger partial charge in [-0.1, -0.05) is 36.0 Å². The van der Waals surface area contributed by atoms with Crippen molar-refractivity contribution < 1.29 is 18.3 Å². The Bertz CT molecular complexity index is 1620. The van der Waals surface area contributed by atoms with E-state index in [0.717, 1.165) is 17.3 Å². The van der Waals surface area contributed by atoms with E-state index in [2.05, 4.69) is 15.5 Å². The Morgan fingerprint density at radius 3 is 2.49 bits per heavy atom. The molecule has 4 N–H and O–H groups in total. The van der Waals surface area contributed by atoms with E-state index in [-0.39, 0.29) is 34.4 Å². The van der Waals surface area contributed by atoms with Gasteiger partial charge in [-0.05, 0) is 66.1 Å². The first-order chi connectivity index (χ1) is 17.7. The fourth-order valence-corrected chi connectivity index (χ4v) is 4.78. The van der Waals surface area contributed by atoms with Crippen molar-refractivity contribution in [1.82, 2.24) is 15.0 Å². The summed E-state index contributed by atoms with van der Waals surface area (Å²) in [4.78, 5) is 30.2. The van der Waals surface area contributed by atoms with Crippen LogP contribution in [0.25, 0.3) is 10.9 Å². The average Bonchev–Trinajstić information content (AvgIpc) is 2.88. The number of hydrazone groups is 1. The molecule has 0 bridgehead atoms. The minimum Gasteiger partial charge on any atom is -0.508 e. The lowest BCUT2D eigenvalue weighted by Gasteiger charge is -2.13. The second kappa shape index (κ2) is 11.4. The Labute approximate surface area is 216 Å². The Hall–Kier alpha value is -4.00. The number of carbonyl (C=O) groups is 1. The van der Waals surface area contributed by atoms with Gasteiger partial charge in [0.1, 0.15) is 5.75 Å². The van der Waals surface area contributed by atoms with Gasteiger partial charge in [-0.15, -0.1) is 0 Å². The van der Waals surface area contributed by atoms with Crippen molar-refractivity contribution in [3.8, 4) is 5.75 Å². The van der Waals surface area contributed by atoms with E-state index >= 15 is 0 Å². The van der Waals surface area contributed by atoms with Gasteiger partial charge in [0.05, 0.1) is 27.8 Å². The smallest absolute Gasteiger partial charge is 0.262 e. The largest absolute Gasteiger partial charge is 0.508 e. The third-order valence-electron chi connectivity index (χ3n) is 5.33. The predicted molar refractivity (Wildman–Crippen MR) is 142 cm³/mol. The van der Waals surface area contributed by atoms with E-state index in [4.69, 9.17) is 5.14 Å². The highest BCUT2D eigenvalue weighted by molar-refractivity contribution is 7.99. The summed E-state index contributed by atoms with van der Waals surface area (Å²) >= 11 is 1.11. The van der Waals surface area contributed by atoms with Crippen LogP contribution in [-0.4, -0.2) is 41.0 Å². The van der Waals surface area contributed by atoms with Crippen LogP contribution in [0, 0.1) is 0 Å². The Kier molecular flexibility index (Phi) is 8.01. The summed E-state index contributed by atoms with van der Waals surface area (Å²) in [5.74, 6) is -0.277. The third kappa shape index (κ3) is 6.82. The number of aromatic nitrogens is 2. The van der Waals surface area contributed by atoms with E-state index in [1.807, 2.05) is 0 Å². The van der Waals surface area contributed by atoms with Crippen LogP contribution in [-0.2, 0) is 27.8 Å². The molecule has 0 aliphatic carbocycles. The highest BCUT2D eigenvalue weighted by Crippen LogP contribution is 2.19. The minimum absolute atomic E-state index is 0.0103.